The zero-order valence-corrected chi connectivity index (χ0v) is 19.8. The monoisotopic (exact) mass is 451 g/mol. The molecule has 164 valence electrons. The van der Waals surface area contributed by atoms with Gasteiger partial charge in [0.2, 0.25) is 0 Å². The van der Waals surface area contributed by atoms with Crippen LogP contribution in [-0.4, -0.2) is 15.0 Å². The van der Waals surface area contributed by atoms with Crippen LogP contribution in [0.5, 0.6) is 17.2 Å². The maximum Gasteiger partial charge on any atom is 0.878 e. The number of rotatable bonds is 3. The van der Waals surface area contributed by atoms with Crippen molar-refractivity contribution in [1.82, 2.24) is 0 Å². The van der Waals surface area contributed by atoms with Gasteiger partial charge in [-0.3, -0.25) is 0 Å². The Hall–Kier alpha value is -3.51. The van der Waals surface area contributed by atoms with Gasteiger partial charge < -0.3 is 18.4 Å². The molecule has 0 unspecified atom stereocenters. The van der Waals surface area contributed by atoms with Crippen LogP contribution in [0.4, 0.5) is 0 Å². The number of benzene rings is 3. The zero-order valence-electron chi connectivity index (χ0n) is 18.8. The molecule has 0 atom stereocenters. The van der Waals surface area contributed by atoms with Gasteiger partial charge in [0, 0.05) is 0 Å². The number of para-hydroxylation sites is 3. The molecule has 0 N–H and O–H groups in total. The molecule has 0 radical (unpaired) electrons. The lowest BCUT2D eigenvalue weighted by Gasteiger charge is -2.47. The van der Waals surface area contributed by atoms with Crippen LogP contribution in [-0.2, 0) is 0 Å². The Labute approximate surface area is 195 Å². The summed E-state index contributed by atoms with van der Waals surface area (Å²) in [6, 6.07) is 32.4. The maximum absolute atomic E-state index is 6.82. The van der Waals surface area contributed by atoms with Crippen molar-refractivity contribution in [3.8, 4) is 17.2 Å². The van der Waals surface area contributed by atoms with E-state index in [0.29, 0.717) is 5.92 Å². The molecule has 6 heteroatoms. The molecule has 0 amide bonds. The SMILES string of the molecule is CC(C)C[Si]12c3ccccc3O[B-]([n+]3ccccc3)(Oc3ccccc31)Oc1ccccc12. The van der Waals surface area contributed by atoms with E-state index < -0.39 is 15.0 Å². The minimum Gasteiger partial charge on any atom is -0.582 e. The van der Waals surface area contributed by atoms with Crippen molar-refractivity contribution in [2.24, 2.45) is 5.92 Å². The lowest BCUT2D eigenvalue weighted by Crippen LogP contribution is -2.81. The Morgan fingerprint density at radius 3 is 1.48 bits per heavy atom. The number of hydrogen-bond acceptors (Lipinski definition) is 3. The summed E-state index contributed by atoms with van der Waals surface area (Å²) in [4.78, 5) is 0. The van der Waals surface area contributed by atoms with E-state index in [-0.39, 0.29) is 0 Å². The molecule has 1 aromatic heterocycles. The molecular weight excluding hydrogens is 425 g/mol. The van der Waals surface area contributed by atoms with E-state index in [1.807, 2.05) is 53.3 Å². The highest BCUT2D eigenvalue weighted by Crippen LogP contribution is 2.34. The predicted octanol–water partition coefficient (Wildman–Crippen LogP) is 3.25. The number of hydrogen-bond donors (Lipinski definition) is 0. The minimum atomic E-state index is -2.56. The second-order valence-corrected chi connectivity index (χ2v) is 13.1. The van der Waals surface area contributed by atoms with Crippen molar-refractivity contribution >= 4 is 30.5 Å². The van der Waals surface area contributed by atoms with Crippen LogP contribution < -0.4 is 34.0 Å². The Balaban J connectivity index is 1.79. The summed E-state index contributed by atoms with van der Waals surface area (Å²) in [7, 11) is -2.56. The summed E-state index contributed by atoms with van der Waals surface area (Å²) in [5.74, 6) is 2.99. The lowest BCUT2D eigenvalue weighted by atomic mass is 9.93. The van der Waals surface area contributed by atoms with Crippen LogP contribution in [0.15, 0.2) is 103 Å². The Bertz CT molecular complexity index is 1200. The van der Waals surface area contributed by atoms with Gasteiger partial charge >= 0.3 is 6.89 Å². The molecule has 4 heterocycles. The molecule has 3 aromatic carbocycles. The topological polar surface area (TPSA) is 31.6 Å². The molecule has 4 aromatic rings. The number of aromatic nitrogens is 1. The molecule has 0 aliphatic carbocycles. The largest absolute Gasteiger partial charge is 0.878 e. The van der Waals surface area contributed by atoms with Gasteiger partial charge in [-0.15, -0.1) is 0 Å². The average Bonchev–Trinajstić information content (AvgIpc) is 2.82. The molecule has 4 nitrogen and oxygen atoms in total. The summed E-state index contributed by atoms with van der Waals surface area (Å²) in [5, 5.41) is 3.81. The fourth-order valence-electron chi connectivity index (χ4n) is 5.50. The van der Waals surface area contributed by atoms with Crippen LogP contribution in [0, 0.1) is 5.92 Å². The fraction of sp³-hybridized carbons (Fsp3) is 0.148. The lowest BCUT2D eigenvalue weighted by molar-refractivity contribution is -0.584. The van der Waals surface area contributed by atoms with E-state index in [1.165, 1.54) is 15.6 Å². The summed E-state index contributed by atoms with van der Waals surface area (Å²) >= 11 is 0. The normalized spacial score (nSPS) is 22.4. The van der Waals surface area contributed by atoms with Gasteiger partial charge in [0.05, 0.1) is 17.2 Å². The molecule has 0 spiro atoms. The number of nitrogens with zero attached hydrogens (tertiary/aromatic N) is 1. The maximum atomic E-state index is 6.82. The Kier molecular flexibility index (Phi) is 4.59. The molecule has 3 aliphatic rings. The first kappa shape index (κ1) is 20.1. The first-order valence-corrected chi connectivity index (χ1v) is 13.8. The second-order valence-electron chi connectivity index (χ2n) is 9.27. The molecule has 7 rings (SSSR count). The van der Waals surface area contributed by atoms with E-state index in [1.54, 1.807) is 0 Å². The van der Waals surface area contributed by atoms with Gasteiger partial charge in [0.1, 0.15) is 12.4 Å². The van der Waals surface area contributed by atoms with Crippen LogP contribution in [0.2, 0.25) is 6.04 Å². The first-order valence-electron chi connectivity index (χ1n) is 11.6. The predicted molar refractivity (Wildman–Crippen MR) is 133 cm³/mol. The highest BCUT2D eigenvalue weighted by molar-refractivity contribution is 7.13. The third kappa shape index (κ3) is 3.01. The van der Waals surface area contributed by atoms with Crippen molar-refractivity contribution in [3.63, 3.8) is 0 Å². The van der Waals surface area contributed by atoms with Gasteiger partial charge in [-0.25, -0.2) is 0 Å². The first-order chi connectivity index (χ1) is 16.1. The van der Waals surface area contributed by atoms with Crippen LogP contribution in [0.25, 0.3) is 0 Å². The highest BCUT2D eigenvalue weighted by Gasteiger charge is 2.59. The second kappa shape index (κ2) is 7.53. The van der Waals surface area contributed by atoms with Crippen LogP contribution >= 0.6 is 0 Å². The van der Waals surface area contributed by atoms with E-state index in [2.05, 4.69) is 68.4 Å². The number of pyridine rings is 1. The van der Waals surface area contributed by atoms with Crippen molar-refractivity contribution in [1.29, 1.82) is 0 Å². The van der Waals surface area contributed by atoms with Gasteiger partial charge in [-0.1, -0.05) is 74.5 Å². The van der Waals surface area contributed by atoms with Crippen molar-refractivity contribution in [2.45, 2.75) is 19.9 Å². The standard InChI is InChI=1S/C27H26BNO3Si/c1-21(2)20-33-25-15-7-4-12-22(25)30-28(29-18-10-3-11-19-29,31-23-13-5-8-16-26(23)33)32-24-14-6-9-17-27(24)33/h3-19,21H,20H2,1-2H3. The van der Waals surface area contributed by atoms with Gasteiger partial charge in [0.15, 0.2) is 8.07 Å². The van der Waals surface area contributed by atoms with Crippen LogP contribution in [0.3, 0.4) is 0 Å². The summed E-state index contributed by atoms with van der Waals surface area (Å²) in [5.41, 5.74) is 0. The minimum absolute atomic E-state index is 0.475. The summed E-state index contributed by atoms with van der Waals surface area (Å²) in [6.07, 6.45) is 3.88. The molecule has 0 fully saturated rings. The fourth-order valence-corrected chi connectivity index (χ4v) is 11.1. The van der Waals surface area contributed by atoms with Gasteiger partial charge in [-0.05, 0) is 57.9 Å². The average molecular weight is 451 g/mol. The Morgan fingerprint density at radius 1 is 0.636 bits per heavy atom. The quantitative estimate of drug-likeness (QED) is 0.449. The third-order valence-corrected chi connectivity index (χ3v) is 12.1. The summed E-state index contributed by atoms with van der Waals surface area (Å²) in [6.45, 7) is 2.18. The molecular formula is C27H26BNO3Si. The van der Waals surface area contributed by atoms with Gasteiger partial charge in [-0.2, -0.15) is 0 Å². The van der Waals surface area contributed by atoms with Gasteiger partial charge in [0.25, 0.3) is 0 Å². The van der Waals surface area contributed by atoms with E-state index >= 15 is 0 Å². The van der Waals surface area contributed by atoms with E-state index in [4.69, 9.17) is 14.0 Å². The van der Waals surface area contributed by atoms with Crippen molar-refractivity contribution in [2.75, 3.05) is 0 Å². The molecule has 0 saturated carbocycles. The van der Waals surface area contributed by atoms with Crippen LogP contribution in [0.1, 0.15) is 13.8 Å². The van der Waals surface area contributed by atoms with Crippen molar-refractivity contribution in [3.05, 3.63) is 103 Å². The zero-order chi connectivity index (χ0) is 22.5. The molecule has 33 heavy (non-hydrogen) atoms. The highest BCUT2D eigenvalue weighted by atomic mass is 28.3. The Morgan fingerprint density at radius 2 is 1.06 bits per heavy atom. The van der Waals surface area contributed by atoms with E-state index in [0.717, 1.165) is 23.3 Å². The van der Waals surface area contributed by atoms with E-state index in [9.17, 15) is 0 Å². The molecule has 0 saturated heterocycles. The molecule has 3 aliphatic heterocycles. The smallest absolute Gasteiger partial charge is 0.582 e. The van der Waals surface area contributed by atoms with Crippen molar-refractivity contribution < 1.29 is 18.4 Å². The third-order valence-electron chi connectivity index (χ3n) is 6.69. The summed E-state index contributed by atoms with van der Waals surface area (Å²) < 4.78 is 22.4. The molecule has 2 bridgehead atoms.